The standard InChI is InChI=1S/C14H17BrO3/c1-4-18-13(17)14(2,3)8-10-6-5-7-11(9-16)12(10)15/h5-7,9H,4,8H2,1-3H3. The second-order valence-electron chi connectivity index (χ2n) is 4.72. The first-order valence-corrected chi connectivity index (χ1v) is 6.61. The van der Waals surface area contributed by atoms with Crippen molar-refractivity contribution in [2.24, 2.45) is 5.41 Å². The lowest BCUT2D eigenvalue weighted by Crippen LogP contribution is -2.29. The van der Waals surface area contributed by atoms with Gasteiger partial charge in [-0.25, -0.2) is 0 Å². The van der Waals surface area contributed by atoms with Gasteiger partial charge in [-0.05, 0) is 48.7 Å². The molecule has 0 fully saturated rings. The summed E-state index contributed by atoms with van der Waals surface area (Å²) in [5.41, 5.74) is 0.907. The topological polar surface area (TPSA) is 43.4 Å². The van der Waals surface area contributed by atoms with E-state index in [1.54, 1.807) is 13.0 Å². The Kier molecular flexibility index (Phi) is 5.08. The van der Waals surface area contributed by atoms with Crippen molar-refractivity contribution >= 4 is 28.2 Å². The summed E-state index contributed by atoms with van der Waals surface area (Å²) < 4.78 is 5.80. The van der Waals surface area contributed by atoms with Gasteiger partial charge in [0.2, 0.25) is 0 Å². The van der Waals surface area contributed by atoms with Gasteiger partial charge < -0.3 is 4.74 Å². The van der Waals surface area contributed by atoms with Crippen LogP contribution in [-0.4, -0.2) is 18.9 Å². The van der Waals surface area contributed by atoms with Crippen molar-refractivity contribution in [2.75, 3.05) is 6.61 Å². The summed E-state index contributed by atoms with van der Waals surface area (Å²) in [4.78, 5) is 22.7. The molecular formula is C14H17BrO3. The second-order valence-corrected chi connectivity index (χ2v) is 5.51. The first-order chi connectivity index (χ1) is 8.42. The highest BCUT2D eigenvalue weighted by Gasteiger charge is 2.30. The average molecular weight is 313 g/mol. The first-order valence-electron chi connectivity index (χ1n) is 5.82. The Morgan fingerprint density at radius 2 is 2.11 bits per heavy atom. The highest BCUT2D eigenvalue weighted by atomic mass is 79.9. The van der Waals surface area contributed by atoms with Gasteiger partial charge in [-0.1, -0.05) is 18.2 Å². The van der Waals surface area contributed by atoms with E-state index in [1.807, 2.05) is 26.0 Å². The van der Waals surface area contributed by atoms with Gasteiger partial charge in [-0.15, -0.1) is 0 Å². The third-order valence-electron chi connectivity index (χ3n) is 2.70. The molecule has 1 aromatic rings. The SMILES string of the molecule is CCOC(=O)C(C)(C)Cc1cccc(C=O)c1Br. The molecule has 0 saturated carbocycles. The number of hydrogen-bond donors (Lipinski definition) is 0. The summed E-state index contributed by atoms with van der Waals surface area (Å²) in [7, 11) is 0. The summed E-state index contributed by atoms with van der Waals surface area (Å²) in [6.45, 7) is 5.84. The normalized spacial score (nSPS) is 11.1. The lowest BCUT2D eigenvalue weighted by atomic mass is 9.85. The number of rotatable bonds is 5. The Morgan fingerprint density at radius 3 is 2.67 bits per heavy atom. The van der Waals surface area contributed by atoms with Gasteiger partial charge in [0.25, 0.3) is 0 Å². The minimum atomic E-state index is -0.611. The van der Waals surface area contributed by atoms with E-state index in [9.17, 15) is 9.59 Å². The van der Waals surface area contributed by atoms with E-state index < -0.39 is 5.41 Å². The van der Waals surface area contributed by atoms with Crippen LogP contribution in [0.4, 0.5) is 0 Å². The Hall–Kier alpha value is -1.16. The van der Waals surface area contributed by atoms with Crippen molar-refractivity contribution in [3.63, 3.8) is 0 Å². The largest absolute Gasteiger partial charge is 0.466 e. The Labute approximate surface area is 116 Å². The van der Waals surface area contributed by atoms with Crippen LogP contribution in [0.5, 0.6) is 0 Å². The van der Waals surface area contributed by atoms with Gasteiger partial charge in [0.05, 0.1) is 12.0 Å². The fraction of sp³-hybridized carbons (Fsp3) is 0.429. The number of benzene rings is 1. The molecular weight excluding hydrogens is 296 g/mol. The van der Waals surface area contributed by atoms with E-state index in [0.717, 1.165) is 16.3 Å². The zero-order chi connectivity index (χ0) is 13.8. The smallest absolute Gasteiger partial charge is 0.311 e. The molecule has 0 spiro atoms. The fourth-order valence-electron chi connectivity index (χ4n) is 1.70. The van der Waals surface area contributed by atoms with Crippen LogP contribution in [0.15, 0.2) is 22.7 Å². The van der Waals surface area contributed by atoms with Crippen LogP contribution >= 0.6 is 15.9 Å². The molecule has 0 radical (unpaired) electrons. The molecule has 0 aliphatic rings. The molecule has 0 heterocycles. The summed E-state index contributed by atoms with van der Waals surface area (Å²) in [5, 5.41) is 0. The number of aldehydes is 1. The molecule has 98 valence electrons. The number of esters is 1. The van der Waals surface area contributed by atoms with E-state index >= 15 is 0 Å². The minimum Gasteiger partial charge on any atom is -0.466 e. The molecule has 0 N–H and O–H groups in total. The van der Waals surface area contributed by atoms with E-state index in [4.69, 9.17) is 4.74 Å². The van der Waals surface area contributed by atoms with E-state index in [1.165, 1.54) is 0 Å². The third-order valence-corrected chi connectivity index (χ3v) is 3.66. The number of hydrogen-bond acceptors (Lipinski definition) is 3. The van der Waals surface area contributed by atoms with Gasteiger partial charge in [-0.3, -0.25) is 9.59 Å². The zero-order valence-electron chi connectivity index (χ0n) is 10.8. The van der Waals surface area contributed by atoms with E-state index in [-0.39, 0.29) is 5.97 Å². The highest BCUT2D eigenvalue weighted by Crippen LogP contribution is 2.29. The van der Waals surface area contributed by atoms with Gasteiger partial charge in [0.15, 0.2) is 6.29 Å². The predicted octanol–water partition coefficient (Wildman–Crippen LogP) is 3.39. The van der Waals surface area contributed by atoms with Crippen LogP contribution in [0.2, 0.25) is 0 Å². The van der Waals surface area contributed by atoms with Crippen LogP contribution in [0.3, 0.4) is 0 Å². The van der Waals surface area contributed by atoms with Gasteiger partial charge in [0, 0.05) is 10.0 Å². The van der Waals surface area contributed by atoms with E-state index in [0.29, 0.717) is 18.6 Å². The second kappa shape index (κ2) is 6.14. The molecule has 0 unspecified atom stereocenters. The molecule has 4 heteroatoms. The number of ether oxygens (including phenoxy) is 1. The van der Waals surface area contributed by atoms with Gasteiger partial charge in [0.1, 0.15) is 0 Å². The number of halogens is 1. The number of carbonyl (C=O) groups excluding carboxylic acids is 2. The maximum Gasteiger partial charge on any atom is 0.311 e. The highest BCUT2D eigenvalue weighted by molar-refractivity contribution is 9.10. The van der Waals surface area contributed by atoms with Crippen LogP contribution in [-0.2, 0) is 16.0 Å². The molecule has 0 saturated heterocycles. The lowest BCUT2D eigenvalue weighted by Gasteiger charge is -2.23. The molecule has 0 aliphatic heterocycles. The maximum atomic E-state index is 11.8. The van der Waals surface area contributed by atoms with Crippen molar-refractivity contribution in [3.05, 3.63) is 33.8 Å². The predicted molar refractivity (Wildman–Crippen MR) is 73.6 cm³/mol. The summed E-state index contributed by atoms with van der Waals surface area (Å²) in [6, 6.07) is 5.45. The van der Waals surface area contributed by atoms with Crippen molar-refractivity contribution in [1.82, 2.24) is 0 Å². The maximum absolute atomic E-state index is 11.8. The zero-order valence-corrected chi connectivity index (χ0v) is 12.4. The Bertz CT molecular complexity index is 452. The van der Waals surface area contributed by atoms with Crippen molar-refractivity contribution in [1.29, 1.82) is 0 Å². The molecule has 1 aromatic carbocycles. The van der Waals surface area contributed by atoms with Crippen molar-refractivity contribution < 1.29 is 14.3 Å². The van der Waals surface area contributed by atoms with Crippen molar-refractivity contribution in [3.8, 4) is 0 Å². The molecule has 18 heavy (non-hydrogen) atoms. The van der Waals surface area contributed by atoms with Crippen LogP contribution in [0.1, 0.15) is 36.7 Å². The van der Waals surface area contributed by atoms with Crippen molar-refractivity contribution in [2.45, 2.75) is 27.2 Å². The van der Waals surface area contributed by atoms with Gasteiger partial charge in [-0.2, -0.15) is 0 Å². The fourth-order valence-corrected chi connectivity index (χ4v) is 2.20. The number of carbonyl (C=O) groups is 2. The molecule has 0 bridgehead atoms. The summed E-state index contributed by atoms with van der Waals surface area (Å²) in [6.07, 6.45) is 1.32. The monoisotopic (exact) mass is 312 g/mol. The van der Waals surface area contributed by atoms with E-state index in [2.05, 4.69) is 15.9 Å². The van der Waals surface area contributed by atoms with Gasteiger partial charge >= 0.3 is 5.97 Å². The van der Waals surface area contributed by atoms with Crippen LogP contribution in [0, 0.1) is 5.41 Å². The Morgan fingerprint density at radius 1 is 1.44 bits per heavy atom. The summed E-state index contributed by atoms with van der Waals surface area (Å²) >= 11 is 3.40. The molecule has 3 nitrogen and oxygen atoms in total. The lowest BCUT2D eigenvalue weighted by molar-refractivity contribution is -0.153. The molecule has 0 aromatic heterocycles. The van der Waals surface area contributed by atoms with Crippen LogP contribution < -0.4 is 0 Å². The van der Waals surface area contributed by atoms with Crippen LogP contribution in [0.25, 0.3) is 0 Å². The average Bonchev–Trinajstić information content (AvgIpc) is 2.32. The molecule has 0 atom stereocenters. The quantitative estimate of drug-likeness (QED) is 0.618. The Balaban J connectivity index is 2.97. The molecule has 1 rings (SSSR count). The minimum absolute atomic E-state index is 0.228. The first kappa shape index (κ1) is 14.9. The molecule has 0 amide bonds. The molecule has 0 aliphatic carbocycles. The third kappa shape index (κ3) is 3.42. The summed E-state index contributed by atoms with van der Waals surface area (Å²) in [5.74, 6) is -0.228.